The van der Waals surface area contributed by atoms with Crippen LogP contribution in [0.25, 0.3) is 17.0 Å². The smallest absolute Gasteiger partial charge is 0.337 e. The number of rotatable bonds is 2. The molecule has 0 aliphatic rings. The van der Waals surface area contributed by atoms with E-state index in [1.807, 2.05) is 12.1 Å². The number of aromatic nitrogens is 3. The SMILES string of the molecule is CC(C)(C)c1ccc(-c2nnc3ccc(C(=O)O)cn23)cc1. The Hall–Kier alpha value is -2.69. The minimum absolute atomic E-state index is 0.0852. The first kappa shape index (κ1) is 14.3. The topological polar surface area (TPSA) is 67.5 Å². The van der Waals surface area contributed by atoms with Gasteiger partial charge in [-0.1, -0.05) is 45.0 Å². The zero-order chi connectivity index (χ0) is 15.9. The molecule has 1 aromatic carbocycles. The van der Waals surface area contributed by atoms with Crippen molar-refractivity contribution < 1.29 is 9.90 Å². The zero-order valence-electron chi connectivity index (χ0n) is 12.7. The maximum atomic E-state index is 11.1. The average molecular weight is 295 g/mol. The largest absolute Gasteiger partial charge is 0.478 e. The van der Waals surface area contributed by atoms with Crippen LogP contribution in [-0.4, -0.2) is 25.7 Å². The summed E-state index contributed by atoms with van der Waals surface area (Å²) in [5.74, 6) is -0.330. The molecule has 22 heavy (non-hydrogen) atoms. The van der Waals surface area contributed by atoms with Crippen LogP contribution in [0.5, 0.6) is 0 Å². The van der Waals surface area contributed by atoms with E-state index in [2.05, 4.69) is 43.1 Å². The van der Waals surface area contributed by atoms with E-state index in [1.165, 1.54) is 11.6 Å². The first-order chi connectivity index (χ1) is 10.4. The van der Waals surface area contributed by atoms with Gasteiger partial charge in [-0.05, 0) is 23.1 Å². The van der Waals surface area contributed by atoms with E-state index in [0.717, 1.165) is 5.56 Å². The molecule has 0 radical (unpaired) electrons. The molecule has 5 nitrogen and oxygen atoms in total. The summed E-state index contributed by atoms with van der Waals surface area (Å²) in [4.78, 5) is 11.1. The Morgan fingerprint density at radius 1 is 1.05 bits per heavy atom. The van der Waals surface area contributed by atoms with Crippen LogP contribution in [0.3, 0.4) is 0 Å². The summed E-state index contributed by atoms with van der Waals surface area (Å²) in [5, 5.41) is 17.4. The van der Waals surface area contributed by atoms with Gasteiger partial charge in [0, 0.05) is 11.8 Å². The van der Waals surface area contributed by atoms with E-state index in [0.29, 0.717) is 11.5 Å². The molecule has 0 spiro atoms. The van der Waals surface area contributed by atoms with E-state index in [4.69, 9.17) is 5.11 Å². The van der Waals surface area contributed by atoms with E-state index >= 15 is 0 Å². The summed E-state index contributed by atoms with van der Waals surface area (Å²) < 4.78 is 1.70. The Bertz CT molecular complexity index is 842. The third kappa shape index (κ3) is 2.45. The molecule has 2 aromatic heterocycles. The lowest BCUT2D eigenvalue weighted by atomic mass is 9.87. The van der Waals surface area contributed by atoms with Crippen molar-refractivity contribution in [2.75, 3.05) is 0 Å². The number of hydrogen-bond acceptors (Lipinski definition) is 3. The highest BCUT2D eigenvalue weighted by molar-refractivity contribution is 5.87. The van der Waals surface area contributed by atoms with Crippen molar-refractivity contribution in [2.24, 2.45) is 0 Å². The second kappa shape index (κ2) is 4.94. The number of pyridine rings is 1. The third-order valence-electron chi connectivity index (χ3n) is 3.66. The number of hydrogen-bond donors (Lipinski definition) is 1. The van der Waals surface area contributed by atoms with Gasteiger partial charge >= 0.3 is 5.97 Å². The molecule has 0 fully saturated rings. The van der Waals surface area contributed by atoms with Gasteiger partial charge in [0.15, 0.2) is 11.5 Å². The van der Waals surface area contributed by atoms with Gasteiger partial charge in [0.05, 0.1) is 5.56 Å². The molecule has 2 heterocycles. The van der Waals surface area contributed by atoms with Crippen molar-refractivity contribution in [1.29, 1.82) is 0 Å². The molecule has 3 aromatic rings. The van der Waals surface area contributed by atoms with Crippen LogP contribution in [0.4, 0.5) is 0 Å². The molecule has 0 bridgehead atoms. The molecule has 0 aliphatic carbocycles. The molecule has 0 unspecified atom stereocenters. The number of carbonyl (C=O) groups is 1. The highest BCUT2D eigenvalue weighted by atomic mass is 16.4. The standard InChI is InChI=1S/C17H17N3O2/c1-17(2,3)13-7-4-11(5-8-13)15-19-18-14-9-6-12(16(21)22)10-20(14)15/h4-10H,1-3H3,(H,21,22). The number of fused-ring (bicyclic) bond motifs is 1. The van der Waals surface area contributed by atoms with Crippen molar-refractivity contribution in [2.45, 2.75) is 26.2 Å². The van der Waals surface area contributed by atoms with E-state index in [9.17, 15) is 4.79 Å². The lowest BCUT2D eigenvalue weighted by molar-refractivity contribution is 0.0696. The van der Waals surface area contributed by atoms with Gasteiger partial charge in [0.2, 0.25) is 0 Å². The van der Waals surface area contributed by atoms with Gasteiger partial charge < -0.3 is 5.11 Å². The Labute approximate surface area is 128 Å². The minimum atomic E-state index is -0.968. The van der Waals surface area contributed by atoms with Gasteiger partial charge in [-0.15, -0.1) is 10.2 Å². The highest BCUT2D eigenvalue weighted by Gasteiger charge is 2.15. The van der Waals surface area contributed by atoms with Crippen LogP contribution in [0.1, 0.15) is 36.7 Å². The number of carboxylic acid groups (broad SMARTS) is 1. The first-order valence-corrected chi connectivity index (χ1v) is 7.05. The van der Waals surface area contributed by atoms with Gasteiger partial charge in [-0.3, -0.25) is 4.40 Å². The van der Waals surface area contributed by atoms with Gasteiger partial charge in [-0.25, -0.2) is 4.79 Å². The van der Waals surface area contributed by atoms with Crippen molar-refractivity contribution in [3.8, 4) is 11.4 Å². The average Bonchev–Trinajstić information content (AvgIpc) is 2.89. The summed E-state index contributed by atoms with van der Waals surface area (Å²) in [7, 11) is 0. The quantitative estimate of drug-likeness (QED) is 0.787. The second-order valence-corrected chi connectivity index (χ2v) is 6.30. The Kier molecular flexibility index (Phi) is 3.20. The molecule has 0 amide bonds. The maximum Gasteiger partial charge on any atom is 0.337 e. The van der Waals surface area contributed by atoms with Crippen LogP contribution in [0.2, 0.25) is 0 Å². The molecular formula is C17H17N3O2. The number of benzene rings is 1. The van der Waals surface area contributed by atoms with Crippen LogP contribution in [0, 0.1) is 0 Å². The monoisotopic (exact) mass is 295 g/mol. The molecule has 1 N–H and O–H groups in total. The number of nitrogens with zero attached hydrogens (tertiary/aromatic N) is 3. The maximum absolute atomic E-state index is 11.1. The fourth-order valence-corrected chi connectivity index (χ4v) is 2.33. The van der Waals surface area contributed by atoms with E-state index < -0.39 is 5.97 Å². The van der Waals surface area contributed by atoms with E-state index in [1.54, 1.807) is 16.7 Å². The number of aromatic carboxylic acids is 1. The Morgan fingerprint density at radius 3 is 2.32 bits per heavy atom. The van der Waals surface area contributed by atoms with Crippen molar-refractivity contribution >= 4 is 11.6 Å². The van der Waals surface area contributed by atoms with Crippen LogP contribution >= 0.6 is 0 Å². The molecule has 0 saturated carbocycles. The van der Waals surface area contributed by atoms with Crippen LogP contribution in [0.15, 0.2) is 42.6 Å². The van der Waals surface area contributed by atoms with E-state index in [-0.39, 0.29) is 11.0 Å². The summed E-state index contributed by atoms with van der Waals surface area (Å²) in [6.07, 6.45) is 1.55. The van der Waals surface area contributed by atoms with Crippen molar-refractivity contribution in [3.05, 3.63) is 53.7 Å². The molecule has 5 heteroatoms. The van der Waals surface area contributed by atoms with Gasteiger partial charge in [0.1, 0.15) is 0 Å². The van der Waals surface area contributed by atoms with Gasteiger partial charge in [0.25, 0.3) is 0 Å². The predicted octanol–water partition coefficient (Wildman–Crippen LogP) is 3.39. The molecule has 0 atom stereocenters. The summed E-state index contributed by atoms with van der Waals surface area (Å²) in [6.45, 7) is 6.48. The number of carboxylic acids is 1. The fraction of sp³-hybridized carbons (Fsp3) is 0.235. The zero-order valence-corrected chi connectivity index (χ0v) is 12.7. The van der Waals surface area contributed by atoms with Crippen molar-refractivity contribution in [1.82, 2.24) is 14.6 Å². The summed E-state index contributed by atoms with van der Waals surface area (Å²) in [5.41, 5.74) is 3.06. The summed E-state index contributed by atoms with van der Waals surface area (Å²) in [6, 6.07) is 11.3. The first-order valence-electron chi connectivity index (χ1n) is 7.05. The third-order valence-corrected chi connectivity index (χ3v) is 3.66. The lowest BCUT2D eigenvalue weighted by Gasteiger charge is -2.18. The fourth-order valence-electron chi connectivity index (χ4n) is 2.33. The molecular weight excluding hydrogens is 278 g/mol. The predicted molar refractivity (Wildman–Crippen MR) is 84.1 cm³/mol. The second-order valence-electron chi connectivity index (χ2n) is 6.30. The Balaban J connectivity index is 2.10. The Morgan fingerprint density at radius 2 is 1.73 bits per heavy atom. The molecule has 112 valence electrons. The van der Waals surface area contributed by atoms with Crippen LogP contribution in [-0.2, 0) is 5.41 Å². The lowest BCUT2D eigenvalue weighted by Crippen LogP contribution is -2.10. The van der Waals surface area contributed by atoms with Crippen molar-refractivity contribution in [3.63, 3.8) is 0 Å². The van der Waals surface area contributed by atoms with Gasteiger partial charge in [-0.2, -0.15) is 0 Å². The summed E-state index contributed by atoms with van der Waals surface area (Å²) >= 11 is 0. The molecule has 0 saturated heterocycles. The highest BCUT2D eigenvalue weighted by Crippen LogP contribution is 2.25. The normalized spacial score (nSPS) is 11.8. The van der Waals surface area contributed by atoms with Crippen LogP contribution < -0.4 is 0 Å². The molecule has 3 rings (SSSR count). The molecule has 0 aliphatic heterocycles. The minimum Gasteiger partial charge on any atom is -0.478 e.